The van der Waals surface area contributed by atoms with Crippen molar-refractivity contribution in [2.45, 2.75) is 18.2 Å². The van der Waals surface area contributed by atoms with Gasteiger partial charge in [-0.3, -0.25) is 9.00 Å². The van der Waals surface area contributed by atoms with E-state index in [2.05, 4.69) is 5.32 Å². The SMILES string of the molecule is Cc1ccc(N)cc1NC(=O)CCS(=O)c1ccccc1. The Labute approximate surface area is 126 Å². The Morgan fingerprint density at radius 2 is 1.90 bits per heavy atom. The highest BCUT2D eigenvalue weighted by Gasteiger charge is 2.09. The van der Waals surface area contributed by atoms with Crippen molar-refractivity contribution < 1.29 is 9.00 Å². The second kappa shape index (κ2) is 7.04. The van der Waals surface area contributed by atoms with Crippen LogP contribution in [0.2, 0.25) is 0 Å². The molecule has 0 fully saturated rings. The third kappa shape index (κ3) is 4.43. The summed E-state index contributed by atoms with van der Waals surface area (Å²) in [6.45, 7) is 1.90. The van der Waals surface area contributed by atoms with E-state index in [1.54, 1.807) is 24.3 Å². The first kappa shape index (κ1) is 15.3. The van der Waals surface area contributed by atoms with Gasteiger partial charge in [-0.1, -0.05) is 24.3 Å². The van der Waals surface area contributed by atoms with Gasteiger partial charge in [0, 0.05) is 28.4 Å². The summed E-state index contributed by atoms with van der Waals surface area (Å²) in [5.41, 5.74) is 7.95. The molecule has 2 aromatic carbocycles. The van der Waals surface area contributed by atoms with Gasteiger partial charge in [-0.25, -0.2) is 0 Å². The van der Waals surface area contributed by atoms with Crippen molar-refractivity contribution in [2.75, 3.05) is 16.8 Å². The van der Waals surface area contributed by atoms with E-state index >= 15 is 0 Å². The van der Waals surface area contributed by atoms with E-state index in [1.807, 2.05) is 31.2 Å². The van der Waals surface area contributed by atoms with Crippen LogP contribution in [0.15, 0.2) is 53.4 Å². The van der Waals surface area contributed by atoms with E-state index < -0.39 is 10.8 Å². The molecule has 21 heavy (non-hydrogen) atoms. The van der Waals surface area contributed by atoms with Crippen LogP contribution in [0.25, 0.3) is 0 Å². The molecular formula is C16H18N2O2S. The Balaban J connectivity index is 1.91. The summed E-state index contributed by atoms with van der Waals surface area (Å²) in [5, 5.41) is 2.80. The summed E-state index contributed by atoms with van der Waals surface area (Å²) in [6, 6.07) is 14.5. The maximum absolute atomic E-state index is 12.0. The zero-order chi connectivity index (χ0) is 15.2. The zero-order valence-electron chi connectivity index (χ0n) is 11.8. The van der Waals surface area contributed by atoms with Gasteiger partial charge < -0.3 is 11.1 Å². The number of carbonyl (C=O) groups excluding carboxylic acids is 1. The molecule has 0 aliphatic carbocycles. The molecule has 1 unspecified atom stereocenters. The Bertz CT molecular complexity index is 657. The van der Waals surface area contributed by atoms with Crippen LogP contribution < -0.4 is 11.1 Å². The number of nitrogens with one attached hydrogen (secondary N) is 1. The quantitative estimate of drug-likeness (QED) is 0.834. The van der Waals surface area contributed by atoms with E-state index in [-0.39, 0.29) is 12.3 Å². The van der Waals surface area contributed by atoms with Crippen LogP contribution in [-0.2, 0) is 15.6 Å². The molecule has 110 valence electrons. The maximum Gasteiger partial charge on any atom is 0.225 e. The van der Waals surface area contributed by atoms with Crippen molar-refractivity contribution in [3.05, 3.63) is 54.1 Å². The molecule has 1 amide bonds. The molecule has 0 aliphatic heterocycles. The molecule has 0 saturated heterocycles. The monoisotopic (exact) mass is 302 g/mol. The molecule has 1 atom stereocenters. The van der Waals surface area contributed by atoms with E-state index in [1.165, 1.54) is 0 Å². The number of hydrogen-bond acceptors (Lipinski definition) is 3. The number of amides is 1. The molecule has 2 aromatic rings. The summed E-state index contributed by atoms with van der Waals surface area (Å²) in [5.74, 6) is 0.144. The Hall–Kier alpha value is -2.14. The van der Waals surface area contributed by atoms with Crippen LogP contribution >= 0.6 is 0 Å². The van der Waals surface area contributed by atoms with Crippen molar-refractivity contribution in [1.82, 2.24) is 0 Å². The molecule has 0 aliphatic rings. The van der Waals surface area contributed by atoms with Gasteiger partial charge in [-0.05, 0) is 36.8 Å². The van der Waals surface area contributed by atoms with Crippen LogP contribution in [0.1, 0.15) is 12.0 Å². The smallest absolute Gasteiger partial charge is 0.225 e. The number of rotatable bonds is 5. The van der Waals surface area contributed by atoms with Gasteiger partial charge in [0.15, 0.2) is 0 Å². The first-order valence-corrected chi connectivity index (χ1v) is 7.97. The summed E-state index contributed by atoms with van der Waals surface area (Å²) < 4.78 is 12.0. The predicted octanol–water partition coefficient (Wildman–Crippen LogP) is 2.71. The van der Waals surface area contributed by atoms with E-state index in [0.29, 0.717) is 17.1 Å². The molecule has 0 saturated carbocycles. The molecule has 5 heteroatoms. The molecule has 0 aromatic heterocycles. The number of aryl methyl sites for hydroxylation is 1. The van der Waals surface area contributed by atoms with E-state index in [4.69, 9.17) is 5.73 Å². The second-order valence-electron chi connectivity index (χ2n) is 4.74. The average Bonchev–Trinajstić information content (AvgIpc) is 2.49. The lowest BCUT2D eigenvalue weighted by Gasteiger charge is -2.09. The van der Waals surface area contributed by atoms with Gasteiger partial charge in [0.1, 0.15) is 0 Å². The Kier molecular flexibility index (Phi) is 5.11. The summed E-state index contributed by atoms with van der Waals surface area (Å²) in [4.78, 5) is 12.7. The highest BCUT2D eigenvalue weighted by atomic mass is 32.2. The average molecular weight is 302 g/mol. The number of hydrogen-bond donors (Lipinski definition) is 2. The van der Waals surface area contributed by atoms with Crippen molar-refractivity contribution in [1.29, 1.82) is 0 Å². The van der Waals surface area contributed by atoms with Crippen LogP contribution in [0.3, 0.4) is 0 Å². The predicted molar refractivity (Wildman–Crippen MR) is 86.6 cm³/mol. The van der Waals surface area contributed by atoms with Crippen molar-refractivity contribution in [2.24, 2.45) is 0 Å². The molecule has 0 spiro atoms. The lowest BCUT2D eigenvalue weighted by atomic mass is 10.2. The van der Waals surface area contributed by atoms with Gasteiger partial charge in [0.25, 0.3) is 0 Å². The van der Waals surface area contributed by atoms with Crippen LogP contribution in [0, 0.1) is 6.92 Å². The van der Waals surface area contributed by atoms with Gasteiger partial charge in [-0.15, -0.1) is 0 Å². The summed E-state index contributed by atoms with van der Waals surface area (Å²) in [6.07, 6.45) is 0.204. The van der Waals surface area contributed by atoms with Gasteiger partial charge >= 0.3 is 0 Å². The van der Waals surface area contributed by atoms with Gasteiger partial charge in [0.2, 0.25) is 5.91 Å². The molecule has 0 radical (unpaired) electrons. The number of anilines is 2. The highest BCUT2D eigenvalue weighted by molar-refractivity contribution is 7.85. The number of benzene rings is 2. The Morgan fingerprint density at radius 3 is 2.62 bits per heavy atom. The fraction of sp³-hybridized carbons (Fsp3) is 0.188. The number of nitrogen functional groups attached to an aromatic ring is 1. The molecular weight excluding hydrogens is 284 g/mol. The van der Waals surface area contributed by atoms with Crippen molar-refractivity contribution in [3.8, 4) is 0 Å². The highest BCUT2D eigenvalue weighted by Crippen LogP contribution is 2.18. The van der Waals surface area contributed by atoms with Crippen LogP contribution in [0.5, 0.6) is 0 Å². The lowest BCUT2D eigenvalue weighted by molar-refractivity contribution is -0.115. The lowest BCUT2D eigenvalue weighted by Crippen LogP contribution is -2.15. The largest absolute Gasteiger partial charge is 0.399 e. The molecule has 2 rings (SSSR count). The molecule has 3 N–H and O–H groups in total. The Morgan fingerprint density at radius 1 is 1.19 bits per heavy atom. The first-order valence-electron chi connectivity index (χ1n) is 6.65. The summed E-state index contributed by atoms with van der Waals surface area (Å²) in [7, 11) is -1.16. The maximum atomic E-state index is 12.0. The van der Waals surface area contributed by atoms with Crippen LogP contribution in [-0.4, -0.2) is 15.9 Å². The minimum Gasteiger partial charge on any atom is -0.399 e. The van der Waals surface area contributed by atoms with Gasteiger partial charge in [0.05, 0.1) is 10.8 Å². The molecule has 0 bridgehead atoms. The number of carbonyl (C=O) groups is 1. The fourth-order valence-corrected chi connectivity index (χ4v) is 2.93. The first-order chi connectivity index (χ1) is 10.1. The minimum absolute atomic E-state index is 0.159. The van der Waals surface area contributed by atoms with Crippen molar-refractivity contribution in [3.63, 3.8) is 0 Å². The third-order valence-corrected chi connectivity index (χ3v) is 4.43. The van der Waals surface area contributed by atoms with Crippen LogP contribution in [0.4, 0.5) is 11.4 Å². The topological polar surface area (TPSA) is 72.2 Å². The van der Waals surface area contributed by atoms with E-state index in [0.717, 1.165) is 10.5 Å². The zero-order valence-corrected chi connectivity index (χ0v) is 12.7. The van der Waals surface area contributed by atoms with E-state index in [9.17, 15) is 9.00 Å². The second-order valence-corrected chi connectivity index (χ2v) is 6.31. The third-order valence-electron chi connectivity index (χ3n) is 3.06. The normalized spacial score (nSPS) is 11.9. The standard InChI is InChI=1S/C16H18N2O2S/c1-12-7-8-13(17)11-15(12)18-16(19)9-10-21(20)14-5-3-2-4-6-14/h2-8,11H,9-10,17H2,1H3,(H,18,19). The summed E-state index contributed by atoms with van der Waals surface area (Å²) >= 11 is 0. The number of nitrogens with two attached hydrogens (primary N) is 1. The van der Waals surface area contributed by atoms with Crippen molar-refractivity contribution >= 4 is 28.1 Å². The molecule has 0 heterocycles. The molecule has 4 nitrogen and oxygen atoms in total. The fourth-order valence-electron chi connectivity index (χ4n) is 1.86. The minimum atomic E-state index is -1.16. The van der Waals surface area contributed by atoms with Gasteiger partial charge in [-0.2, -0.15) is 0 Å².